The SMILES string of the molecule is CC(C)N(Cc1cn2c(N3CCN(C)CC3)cccc2n1)[C@H]1CCCc2cccnc21. The number of anilines is 1. The predicted octanol–water partition coefficient (Wildman–Crippen LogP) is 3.77. The van der Waals surface area contributed by atoms with Crippen molar-refractivity contribution in [1.82, 2.24) is 24.2 Å². The molecule has 3 aromatic heterocycles. The fourth-order valence-electron chi connectivity index (χ4n) is 5.16. The number of hydrogen-bond donors (Lipinski definition) is 0. The van der Waals surface area contributed by atoms with Gasteiger partial charge in [0.05, 0.1) is 17.4 Å². The Kier molecular flexibility index (Phi) is 5.67. The summed E-state index contributed by atoms with van der Waals surface area (Å²) in [5.41, 5.74) is 4.86. The molecule has 1 aliphatic carbocycles. The van der Waals surface area contributed by atoms with Crippen LogP contribution in [-0.2, 0) is 13.0 Å². The van der Waals surface area contributed by atoms with Gasteiger partial charge in [-0.2, -0.15) is 0 Å². The number of aryl methyl sites for hydroxylation is 1. The number of imidazole rings is 1. The first-order chi connectivity index (χ1) is 15.1. The molecule has 1 atom stereocenters. The average molecular weight is 419 g/mol. The van der Waals surface area contributed by atoms with E-state index in [1.54, 1.807) is 0 Å². The Morgan fingerprint density at radius 3 is 2.74 bits per heavy atom. The van der Waals surface area contributed by atoms with Crippen LogP contribution in [0.15, 0.2) is 42.7 Å². The van der Waals surface area contributed by atoms with Gasteiger partial charge in [-0.1, -0.05) is 12.1 Å². The van der Waals surface area contributed by atoms with Crippen LogP contribution < -0.4 is 4.90 Å². The van der Waals surface area contributed by atoms with Crippen molar-refractivity contribution < 1.29 is 0 Å². The van der Waals surface area contributed by atoms with E-state index in [1.807, 2.05) is 6.20 Å². The molecule has 0 unspecified atom stereocenters. The van der Waals surface area contributed by atoms with Gasteiger partial charge in [0.25, 0.3) is 0 Å². The topological polar surface area (TPSA) is 39.9 Å². The van der Waals surface area contributed by atoms with E-state index in [2.05, 4.69) is 76.5 Å². The van der Waals surface area contributed by atoms with Crippen molar-refractivity contribution in [3.8, 4) is 0 Å². The molecule has 0 saturated carbocycles. The van der Waals surface area contributed by atoms with Crippen LogP contribution in [0.3, 0.4) is 0 Å². The van der Waals surface area contributed by atoms with Gasteiger partial charge in [-0.3, -0.25) is 14.3 Å². The second kappa shape index (κ2) is 8.60. The van der Waals surface area contributed by atoms with E-state index in [-0.39, 0.29) is 0 Å². The zero-order valence-corrected chi connectivity index (χ0v) is 19.0. The number of likely N-dealkylation sites (N-methyl/N-ethyl adjacent to an activating group) is 1. The molecular formula is C25H34N6. The highest BCUT2D eigenvalue weighted by atomic mass is 15.3. The molecule has 164 valence electrons. The van der Waals surface area contributed by atoms with E-state index in [1.165, 1.54) is 29.9 Å². The molecule has 0 spiro atoms. The Hall–Kier alpha value is -2.44. The summed E-state index contributed by atoms with van der Waals surface area (Å²) in [4.78, 5) is 17.3. The van der Waals surface area contributed by atoms with Crippen molar-refractivity contribution in [1.29, 1.82) is 0 Å². The Balaban J connectivity index is 1.43. The van der Waals surface area contributed by atoms with Gasteiger partial charge >= 0.3 is 0 Å². The number of hydrogen-bond acceptors (Lipinski definition) is 5. The van der Waals surface area contributed by atoms with E-state index < -0.39 is 0 Å². The quantitative estimate of drug-likeness (QED) is 0.631. The Morgan fingerprint density at radius 1 is 1.10 bits per heavy atom. The van der Waals surface area contributed by atoms with Crippen LogP contribution in [0, 0.1) is 0 Å². The Morgan fingerprint density at radius 2 is 1.94 bits per heavy atom. The van der Waals surface area contributed by atoms with Gasteiger partial charge in [0.1, 0.15) is 11.5 Å². The first-order valence-electron chi connectivity index (χ1n) is 11.7. The van der Waals surface area contributed by atoms with E-state index in [0.29, 0.717) is 12.1 Å². The molecule has 3 aromatic rings. The maximum absolute atomic E-state index is 5.02. The van der Waals surface area contributed by atoms with Crippen LogP contribution in [0.4, 0.5) is 5.82 Å². The number of piperazine rings is 1. The molecule has 4 heterocycles. The summed E-state index contributed by atoms with van der Waals surface area (Å²) in [5, 5.41) is 0. The summed E-state index contributed by atoms with van der Waals surface area (Å²) in [6.45, 7) is 9.77. The van der Waals surface area contributed by atoms with Crippen LogP contribution in [0.25, 0.3) is 5.65 Å². The standard InChI is InChI=1S/C25H34N6/c1-19(2)30(22-9-4-7-20-8-6-12-26-25(20)22)17-21-18-31-23(27-21)10-5-11-24(31)29-15-13-28(3)14-16-29/h5-6,8,10-12,18-19,22H,4,7,9,13-17H2,1-3H3/t22-/m0/s1. The fourth-order valence-corrected chi connectivity index (χ4v) is 5.16. The lowest BCUT2D eigenvalue weighted by Crippen LogP contribution is -2.45. The van der Waals surface area contributed by atoms with Crippen LogP contribution in [0.2, 0.25) is 0 Å². The van der Waals surface area contributed by atoms with Gasteiger partial charge in [0.2, 0.25) is 0 Å². The molecule has 0 aromatic carbocycles. The van der Waals surface area contributed by atoms with E-state index in [9.17, 15) is 0 Å². The molecule has 6 nitrogen and oxygen atoms in total. The molecule has 1 fully saturated rings. The van der Waals surface area contributed by atoms with Gasteiger partial charge < -0.3 is 9.80 Å². The third-order valence-corrected chi connectivity index (χ3v) is 6.92. The van der Waals surface area contributed by atoms with Crippen LogP contribution in [-0.4, -0.2) is 63.4 Å². The molecule has 1 saturated heterocycles. The minimum Gasteiger partial charge on any atom is -0.355 e. The van der Waals surface area contributed by atoms with Gasteiger partial charge in [-0.15, -0.1) is 0 Å². The summed E-state index contributed by atoms with van der Waals surface area (Å²) in [7, 11) is 2.20. The summed E-state index contributed by atoms with van der Waals surface area (Å²) in [5.74, 6) is 1.25. The molecule has 0 N–H and O–H groups in total. The molecule has 31 heavy (non-hydrogen) atoms. The zero-order valence-electron chi connectivity index (χ0n) is 19.0. The molecule has 0 amide bonds. The highest BCUT2D eigenvalue weighted by Crippen LogP contribution is 2.35. The molecule has 0 radical (unpaired) electrons. The molecule has 5 rings (SSSR count). The lowest BCUT2D eigenvalue weighted by Gasteiger charge is -2.37. The Labute approximate surface area is 185 Å². The minimum atomic E-state index is 0.367. The van der Waals surface area contributed by atoms with Crippen LogP contribution >= 0.6 is 0 Å². The number of aromatic nitrogens is 3. The highest BCUT2D eigenvalue weighted by Gasteiger charge is 2.29. The average Bonchev–Trinajstić information content (AvgIpc) is 3.20. The van der Waals surface area contributed by atoms with Gasteiger partial charge in [-0.25, -0.2) is 4.98 Å². The fraction of sp³-hybridized carbons (Fsp3) is 0.520. The van der Waals surface area contributed by atoms with Gasteiger partial charge in [-0.05, 0) is 63.9 Å². The summed E-state index contributed by atoms with van der Waals surface area (Å²) >= 11 is 0. The van der Waals surface area contributed by atoms with E-state index >= 15 is 0 Å². The third kappa shape index (κ3) is 4.06. The third-order valence-electron chi connectivity index (χ3n) is 6.92. The maximum Gasteiger partial charge on any atom is 0.138 e. The predicted molar refractivity (Wildman–Crippen MR) is 125 cm³/mol. The molecule has 1 aliphatic heterocycles. The first-order valence-corrected chi connectivity index (χ1v) is 11.7. The summed E-state index contributed by atoms with van der Waals surface area (Å²) < 4.78 is 2.28. The second-order valence-corrected chi connectivity index (χ2v) is 9.36. The van der Waals surface area contributed by atoms with Crippen molar-refractivity contribution in [3.05, 3.63) is 59.7 Å². The second-order valence-electron chi connectivity index (χ2n) is 9.36. The normalized spacial score (nSPS) is 20.0. The van der Waals surface area contributed by atoms with Crippen molar-refractivity contribution >= 4 is 11.5 Å². The number of fused-ring (bicyclic) bond motifs is 2. The lowest BCUT2D eigenvalue weighted by atomic mass is 9.90. The van der Waals surface area contributed by atoms with Crippen molar-refractivity contribution in [2.75, 3.05) is 38.1 Å². The van der Waals surface area contributed by atoms with Crippen molar-refractivity contribution in [2.45, 2.75) is 51.7 Å². The number of pyridine rings is 2. The smallest absolute Gasteiger partial charge is 0.138 e. The minimum absolute atomic E-state index is 0.367. The molecular weight excluding hydrogens is 384 g/mol. The summed E-state index contributed by atoms with van der Waals surface area (Å²) in [6.07, 6.45) is 7.74. The largest absolute Gasteiger partial charge is 0.355 e. The summed E-state index contributed by atoms with van der Waals surface area (Å²) in [6, 6.07) is 11.6. The number of nitrogens with zero attached hydrogens (tertiary/aromatic N) is 6. The van der Waals surface area contributed by atoms with Crippen LogP contribution in [0.5, 0.6) is 0 Å². The van der Waals surface area contributed by atoms with E-state index in [0.717, 1.165) is 50.5 Å². The van der Waals surface area contributed by atoms with E-state index in [4.69, 9.17) is 9.97 Å². The number of rotatable bonds is 5. The van der Waals surface area contributed by atoms with Crippen molar-refractivity contribution in [2.24, 2.45) is 0 Å². The highest BCUT2D eigenvalue weighted by molar-refractivity contribution is 5.53. The van der Waals surface area contributed by atoms with Gasteiger partial charge in [0, 0.05) is 51.2 Å². The molecule has 2 aliphatic rings. The Bertz CT molecular complexity index is 1030. The van der Waals surface area contributed by atoms with Gasteiger partial charge in [0.15, 0.2) is 0 Å². The monoisotopic (exact) mass is 418 g/mol. The van der Waals surface area contributed by atoms with Crippen molar-refractivity contribution in [3.63, 3.8) is 0 Å². The lowest BCUT2D eigenvalue weighted by molar-refractivity contribution is 0.124. The first kappa shape index (κ1) is 20.5. The molecule has 0 bridgehead atoms. The van der Waals surface area contributed by atoms with Crippen LogP contribution in [0.1, 0.15) is 49.7 Å². The zero-order chi connectivity index (χ0) is 21.4. The maximum atomic E-state index is 5.02. The molecule has 6 heteroatoms.